The number of halogens is 1. The molecule has 0 radical (unpaired) electrons. The SMILES string of the molecule is O=C(NCc1ccc(Br)cc1)c1csc(C(=O)N2CCCC2)n1. The standard InChI is InChI=1S/C16H16BrN3O2S/c17-12-5-3-11(4-6-12)9-18-14(21)13-10-23-15(19-13)16(22)20-7-1-2-8-20/h3-6,10H,1-2,7-9H2,(H,18,21). The summed E-state index contributed by atoms with van der Waals surface area (Å²) in [6.45, 7) is 1.99. The molecule has 1 fully saturated rings. The van der Waals surface area contributed by atoms with Gasteiger partial charge in [-0.3, -0.25) is 9.59 Å². The van der Waals surface area contributed by atoms with Gasteiger partial charge < -0.3 is 10.2 Å². The molecule has 7 heteroatoms. The number of amides is 2. The van der Waals surface area contributed by atoms with Gasteiger partial charge in [-0.25, -0.2) is 4.98 Å². The Bertz CT molecular complexity index is 708. The van der Waals surface area contributed by atoms with Crippen LogP contribution in [0.1, 0.15) is 38.7 Å². The monoisotopic (exact) mass is 393 g/mol. The van der Waals surface area contributed by atoms with Gasteiger partial charge in [-0.15, -0.1) is 11.3 Å². The van der Waals surface area contributed by atoms with Gasteiger partial charge in [-0.1, -0.05) is 28.1 Å². The van der Waals surface area contributed by atoms with Gasteiger partial charge in [0.05, 0.1) is 0 Å². The van der Waals surface area contributed by atoms with Crippen molar-refractivity contribution in [3.63, 3.8) is 0 Å². The van der Waals surface area contributed by atoms with Gasteiger partial charge in [-0.05, 0) is 30.5 Å². The van der Waals surface area contributed by atoms with Crippen molar-refractivity contribution >= 4 is 39.1 Å². The molecule has 1 aliphatic heterocycles. The lowest BCUT2D eigenvalue weighted by atomic mass is 10.2. The number of carbonyl (C=O) groups excluding carboxylic acids is 2. The van der Waals surface area contributed by atoms with Crippen molar-refractivity contribution in [2.45, 2.75) is 19.4 Å². The molecule has 5 nitrogen and oxygen atoms in total. The maximum atomic E-state index is 12.2. The Morgan fingerprint density at radius 2 is 1.91 bits per heavy atom. The van der Waals surface area contributed by atoms with Gasteiger partial charge in [0.25, 0.3) is 11.8 Å². The van der Waals surface area contributed by atoms with Crippen LogP contribution in [0.5, 0.6) is 0 Å². The van der Waals surface area contributed by atoms with Crippen LogP contribution >= 0.6 is 27.3 Å². The van der Waals surface area contributed by atoms with E-state index in [4.69, 9.17) is 0 Å². The molecule has 2 heterocycles. The molecule has 0 atom stereocenters. The molecular formula is C16H16BrN3O2S. The Kier molecular flexibility index (Phi) is 5.07. The minimum Gasteiger partial charge on any atom is -0.347 e. The molecule has 0 spiro atoms. The number of aromatic nitrogens is 1. The molecule has 1 aliphatic rings. The zero-order chi connectivity index (χ0) is 16.2. The second-order valence-corrected chi connectivity index (χ2v) is 7.12. The average molecular weight is 394 g/mol. The van der Waals surface area contributed by atoms with Crippen LogP contribution in [0.2, 0.25) is 0 Å². The number of nitrogens with zero attached hydrogens (tertiary/aromatic N) is 2. The molecule has 0 bridgehead atoms. The van der Waals surface area contributed by atoms with E-state index in [2.05, 4.69) is 26.2 Å². The third-order valence-electron chi connectivity index (χ3n) is 3.68. The van der Waals surface area contributed by atoms with Gasteiger partial charge in [0, 0.05) is 29.5 Å². The fraction of sp³-hybridized carbons (Fsp3) is 0.312. The number of carbonyl (C=O) groups is 2. The predicted octanol–water partition coefficient (Wildman–Crippen LogP) is 3.07. The summed E-state index contributed by atoms with van der Waals surface area (Å²) in [6.07, 6.45) is 2.08. The molecular weight excluding hydrogens is 378 g/mol. The highest BCUT2D eigenvalue weighted by molar-refractivity contribution is 9.10. The number of likely N-dealkylation sites (tertiary alicyclic amines) is 1. The van der Waals surface area contributed by atoms with Crippen LogP contribution in [-0.4, -0.2) is 34.8 Å². The third-order valence-corrected chi connectivity index (χ3v) is 5.04. The lowest BCUT2D eigenvalue weighted by Gasteiger charge is -2.12. The molecule has 1 N–H and O–H groups in total. The Morgan fingerprint density at radius 1 is 1.22 bits per heavy atom. The van der Waals surface area contributed by atoms with Crippen LogP contribution in [0.3, 0.4) is 0 Å². The van der Waals surface area contributed by atoms with E-state index in [0.29, 0.717) is 17.2 Å². The summed E-state index contributed by atoms with van der Waals surface area (Å²) in [5, 5.41) is 4.85. The van der Waals surface area contributed by atoms with Gasteiger partial charge in [0.2, 0.25) is 0 Å². The highest BCUT2D eigenvalue weighted by Gasteiger charge is 2.23. The van der Waals surface area contributed by atoms with Crippen molar-refractivity contribution in [2.24, 2.45) is 0 Å². The second kappa shape index (κ2) is 7.23. The van der Waals surface area contributed by atoms with Crippen molar-refractivity contribution in [3.8, 4) is 0 Å². The molecule has 1 aromatic heterocycles. The maximum Gasteiger partial charge on any atom is 0.282 e. The Balaban J connectivity index is 1.59. The normalized spacial score (nSPS) is 14.0. The molecule has 1 saturated heterocycles. The van der Waals surface area contributed by atoms with Crippen LogP contribution in [0.15, 0.2) is 34.1 Å². The zero-order valence-electron chi connectivity index (χ0n) is 12.4. The minimum atomic E-state index is -0.260. The summed E-state index contributed by atoms with van der Waals surface area (Å²) in [7, 11) is 0. The smallest absolute Gasteiger partial charge is 0.282 e. The first kappa shape index (κ1) is 16.1. The summed E-state index contributed by atoms with van der Waals surface area (Å²) in [4.78, 5) is 30.4. The minimum absolute atomic E-state index is 0.0699. The highest BCUT2D eigenvalue weighted by atomic mass is 79.9. The van der Waals surface area contributed by atoms with Crippen molar-refractivity contribution in [1.82, 2.24) is 15.2 Å². The number of rotatable bonds is 4. The van der Waals surface area contributed by atoms with E-state index in [1.807, 2.05) is 24.3 Å². The molecule has 2 aromatic rings. The molecule has 2 amide bonds. The number of hydrogen-bond acceptors (Lipinski definition) is 4. The topological polar surface area (TPSA) is 62.3 Å². The van der Waals surface area contributed by atoms with Crippen LogP contribution in [0.25, 0.3) is 0 Å². The summed E-state index contributed by atoms with van der Waals surface area (Å²) in [6, 6.07) is 7.73. The highest BCUT2D eigenvalue weighted by Crippen LogP contribution is 2.17. The van der Waals surface area contributed by atoms with Crippen LogP contribution < -0.4 is 5.32 Å². The Morgan fingerprint density at radius 3 is 2.61 bits per heavy atom. The summed E-state index contributed by atoms with van der Waals surface area (Å²) >= 11 is 4.60. The first-order chi connectivity index (χ1) is 11.1. The molecule has 0 saturated carbocycles. The van der Waals surface area contributed by atoms with Crippen LogP contribution in [0.4, 0.5) is 0 Å². The first-order valence-corrected chi connectivity index (χ1v) is 9.08. The van der Waals surface area contributed by atoms with E-state index >= 15 is 0 Å². The largest absolute Gasteiger partial charge is 0.347 e. The van der Waals surface area contributed by atoms with Gasteiger partial charge in [-0.2, -0.15) is 0 Å². The van der Waals surface area contributed by atoms with Crippen molar-refractivity contribution in [1.29, 1.82) is 0 Å². The van der Waals surface area contributed by atoms with Crippen molar-refractivity contribution in [2.75, 3.05) is 13.1 Å². The second-order valence-electron chi connectivity index (χ2n) is 5.35. The molecule has 3 rings (SSSR count). The molecule has 1 aromatic carbocycles. The van der Waals surface area contributed by atoms with E-state index in [-0.39, 0.29) is 11.8 Å². The molecule has 0 aliphatic carbocycles. The van der Waals surface area contributed by atoms with E-state index in [1.165, 1.54) is 11.3 Å². The average Bonchev–Trinajstić information content (AvgIpc) is 3.25. The maximum absolute atomic E-state index is 12.2. The van der Waals surface area contributed by atoms with Crippen molar-refractivity contribution in [3.05, 3.63) is 50.4 Å². The number of nitrogens with one attached hydrogen (secondary N) is 1. The van der Waals surface area contributed by atoms with Gasteiger partial charge >= 0.3 is 0 Å². The van der Waals surface area contributed by atoms with E-state index in [0.717, 1.165) is 36.0 Å². The Labute approximate surface area is 146 Å². The molecule has 23 heavy (non-hydrogen) atoms. The van der Waals surface area contributed by atoms with Gasteiger partial charge in [0.15, 0.2) is 5.01 Å². The summed E-state index contributed by atoms with van der Waals surface area (Å²) < 4.78 is 0.997. The lowest BCUT2D eigenvalue weighted by molar-refractivity contribution is 0.0792. The van der Waals surface area contributed by atoms with Crippen LogP contribution in [-0.2, 0) is 6.54 Å². The quantitative estimate of drug-likeness (QED) is 0.867. The van der Waals surface area contributed by atoms with E-state index in [1.54, 1.807) is 10.3 Å². The van der Waals surface area contributed by atoms with Crippen molar-refractivity contribution < 1.29 is 9.59 Å². The first-order valence-electron chi connectivity index (χ1n) is 7.41. The fourth-order valence-corrected chi connectivity index (χ4v) is 3.44. The third kappa shape index (κ3) is 3.97. The summed E-state index contributed by atoms with van der Waals surface area (Å²) in [5.74, 6) is -0.330. The number of hydrogen-bond donors (Lipinski definition) is 1. The van der Waals surface area contributed by atoms with Crippen LogP contribution in [0, 0.1) is 0 Å². The number of thiazole rings is 1. The fourth-order valence-electron chi connectivity index (χ4n) is 2.41. The molecule has 120 valence electrons. The zero-order valence-corrected chi connectivity index (χ0v) is 14.8. The summed E-state index contributed by atoms with van der Waals surface area (Å²) in [5.41, 5.74) is 1.31. The van der Waals surface area contributed by atoms with Gasteiger partial charge in [0.1, 0.15) is 5.69 Å². The van der Waals surface area contributed by atoms with E-state index in [9.17, 15) is 9.59 Å². The Hall–Kier alpha value is -1.73. The predicted molar refractivity (Wildman–Crippen MR) is 92.6 cm³/mol. The molecule has 0 unspecified atom stereocenters. The number of benzene rings is 1. The van der Waals surface area contributed by atoms with E-state index < -0.39 is 0 Å². The lowest BCUT2D eigenvalue weighted by Crippen LogP contribution is -2.28.